The van der Waals surface area contributed by atoms with E-state index in [9.17, 15) is 24.3 Å². The van der Waals surface area contributed by atoms with Gasteiger partial charge in [0.15, 0.2) is 0 Å². The van der Waals surface area contributed by atoms with E-state index in [0.29, 0.717) is 13.1 Å². The Bertz CT molecular complexity index is 1240. The van der Waals surface area contributed by atoms with Crippen LogP contribution in [0.15, 0.2) is 24.3 Å². The normalized spacial score (nSPS) is 26.1. The van der Waals surface area contributed by atoms with Crippen molar-refractivity contribution in [2.75, 3.05) is 19.6 Å². The SMILES string of the molecule is C[C@H](C(=O)N[C@H](C(=O)N1C[C@H]2CCCN2C[C@H]1C(=O)N[C@@H]1CCCc2ccccc21)C1CCCCC1)C(NC(=O)O)C(C)(C)C. The zero-order chi connectivity index (χ0) is 32.3. The summed E-state index contributed by atoms with van der Waals surface area (Å²) in [6.45, 7) is 9.31. The fraction of sp³-hybridized carbons (Fsp3) is 0.714. The molecule has 2 aliphatic heterocycles. The first-order chi connectivity index (χ1) is 21.4. The molecule has 248 valence electrons. The van der Waals surface area contributed by atoms with Crippen molar-refractivity contribution in [2.24, 2.45) is 17.3 Å². The van der Waals surface area contributed by atoms with Gasteiger partial charge < -0.3 is 26.0 Å². The highest BCUT2D eigenvalue weighted by Crippen LogP contribution is 2.33. The smallest absolute Gasteiger partial charge is 0.404 e. The van der Waals surface area contributed by atoms with E-state index >= 15 is 0 Å². The lowest BCUT2D eigenvalue weighted by Gasteiger charge is -2.45. The van der Waals surface area contributed by atoms with Crippen LogP contribution in [0.1, 0.15) is 103 Å². The number of rotatable bonds is 8. The fourth-order valence-corrected chi connectivity index (χ4v) is 8.35. The molecule has 4 N–H and O–H groups in total. The van der Waals surface area contributed by atoms with Crippen LogP contribution in [0.25, 0.3) is 0 Å². The van der Waals surface area contributed by atoms with Crippen molar-refractivity contribution in [3.8, 4) is 0 Å². The predicted octanol–water partition coefficient (Wildman–Crippen LogP) is 4.24. The summed E-state index contributed by atoms with van der Waals surface area (Å²) in [7, 11) is 0. The summed E-state index contributed by atoms with van der Waals surface area (Å²) in [5.74, 6) is -1.38. The van der Waals surface area contributed by atoms with E-state index in [-0.39, 0.29) is 35.7 Å². The second kappa shape index (κ2) is 14.1. The summed E-state index contributed by atoms with van der Waals surface area (Å²) in [5.41, 5.74) is 1.92. The highest BCUT2D eigenvalue weighted by molar-refractivity contribution is 5.93. The van der Waals surface area contributed by atoms with Crippen LogP contribution in [0.4, 0.5) is 4.79 Å². The minimum Gasteiger partial charge on any atom is -0.465 e. The monoisotopic (exact) mass is 623 g/mol. The number of carbonyl (C=O) groups is 4. The van der Waals surface area contributed by atoms with Crippen LogP contribution >= 0.6 is 0 Å². The maximum Gasteiger partial charge on any atom is 0.404 e. The topological polar surface area (TPSA) is 131 Å². The van der Waals surface area contributed by atoms with Gasteiger partial charge in [-0.05, 0) is 74.0 Å². The predicted molar refractivity (Wildman–Crippen MR) is 172 cm³/mol. The van der Waals surface area contributed by atoms with Gasteiger partial charge in [-0.3, -0.25) is 19.3 Å². The van der Waals surface area contributed by atoms with Crippen LogP contribution in [0.5, 0.6) is 0 Å². The summed E-state index contributed by atoms with van der Waals surface area (Å²) in [5, 5.41) is 18.5. The van der Waals surface area contributed by atoms with E-state index < -0.39 is 35.6 Å². The van der Waals surface area contributed by atoms with Gasteiger partial charge in [-0.15, -0.1) is 0 Å². The molecule has 5 rings (SSSR count). The third-order valence-electron chi connectivity index (χ3n) is 10.8. The van der Waals surface area contributed by atoms with Crippen molar-refractivity contribution >= 4 is 23.8 Å². The van der Waals surface area contributed by atoms with Crippen molar-refractivity contribution in [3.05, 3.63) is 35.4 Å². The lowest BCUT2D eigenvalue weighted by Crippen LogP contribution is -2.66. The Labute approximate surface area is 268 Å². The molecule has 3 fully saturated rings. The van der Waals surface area contributed by atoms with E-state index in [0.717, 1.165) is 76.3 Å². The first kappa shape index (κ1) is 33.2. The molecule has 1 aromatic carbocycles. The van der Waals surface area contributed by atoms with Gasteiger partial charge in [-0.2, -0.15) is 0 Å². The third kappa shape index (κ3) is 7.64. The molecule has 10 nitrogen and oxygen atoms in total. The zero-order valence-corrected chi connectivity index (χ0v) is 27.5. The van der Waals surface area contributed by atoms with E-state index in [1.165, 1.54) is 5.56 Å². The average molecular weight is 624 g/mol. The summed E-state index contributed by atoms with van der Waals surface area (Å²) in [6.07, 6.45) is 8.48. The molecule has 1 aromatic rings. The van der Waals surface area contributed by atoms with E-state index in [2.05, 4.69) is 33.0 Å². The van der Waals surface area contributed by atoms with Gasteiger partial charge in [0.25, 0.3) is 0 Å². The molecule has 2 aliphatic carbocycles. The molecule has 2 saturated heterocycles. The molecule has 4 aliphatic rings. The summed E-state index contributed by atoms with van der Waals surface area (Å²) >= 11 is 0. The number of piperazine rings is 1. The molecule has 6 atom stereocenters. The van der Waals surface area contributed by atoms with E-state index in [4.69, 9.17) is 0 Å². The van der Waals surface area contributed by atoms with Crippen LogP contribution in [-0.4, -0.2) is 82.5 Å². The average Bonchev–Trinajstić information content (AvgIpc) is 3.49. The van der Waals surface area contributed by atoms with Crippen molar-refractivity contribution < 1.29 is 24.3 Å². The molecule has 0 spiro atoms. The van der Waals surface area contributed by atoms with Gasteiger partial charge in [-0.25, -0.2) is 4.79 Å². The lowest BCUT2D eigenvalue weighted by atomic mass is 9.78. The largest absolute Gasteiger partial charge is 0.465 e. The van der Waals surface area contributed by atoms with E-state index in [1.807, 2.05) is 32.9 Å². The number of amides is 4. The maximum atomic E-state index is 14.7. The summed E-state index contributed by atoms with van der Waals surface area (Å²) in [4.78, 5) is 58.4. The number of nitrogens with one attached hydrogen (secondary N) is 3. The van der Waals surface area contributed by atoms with E-state index in [1.54, 1.807) is 11.8 Å². The molecule has 2 heterocycles. The number of fused-ring (bicyclic) bond motifs is 2. The quantitative estimate of drug-likeness (QED) is 0.343. The highest BCUT2D eigenvalue weighted by Gasteiger charge is 2.46. The lowest BCUT2D eigenvalue weighted by molar-refractivity contribution is -0.150. The number of nitrogens with zero attached hydrogens (tertiary/aromatic N) is 2. The fourth-order valence-electron chi connectivity index (χ4n) is 8.35. The van der Waals surface area contributed by atoms with Gasteiger partial charge in [0.2, 0.25) is 17.7 Å². The zero-order valence-electron chi connectivity index (χ0n) is 27.5. The summed E-state index contributed by atoms with van der Waals surface area (Å²) in [6, 6.07) is 6.37. The van der Waals surface area contributed by atoms with Crippen molar-refractivity contribution in [1.29, 1.82) is 0 Å². The first-order valence-electron chi connectivity index (χ1n) is 17.2. The highest BCUT2D eigenvalue weighted by atomic mass is 16.4. The summed E-state index contributed by atoms with van der Waals surface area (Å²) < 4.78 is 0. The molecule has 0 aromatic heterocycles. The standard InChI is InChI=1S/C35H53N5O5/c1-22(30(35(2,3)4)38-34(44)45)31(41)37-29(24-13-6-5-7-14-24)33(43)40-20-25-16-11-19-39(25)21-28(40)32(42)36-27-18-10-15-23-12-8-9-17-26(23)27/h8-9,12,17,22,24-25,27-30,38H,5-7,10-11,13-16,18-21H2,1-4H3,(H,36,42)(H,37,41)(H,44,45)/t22-,25+,27+,28-,29-,30?/m0/s1. The van der Waals surface area contributed by atoms with Crippen LogP contribution in [0.3, 0.4) is 0 Å². The molecule has 45 heavy (non-hydrogen) atoms. The Balaban J connectivity index is 1.39. The van der Waals surface area contributed by atoms with Crippen molar-refractivity contribution in [2.45, 2.75) is 122 Å². The third-order valence-corrected chi connectivity index (χ3v) is 10.8. The molecule has 4 amide bonds. The number of carbonyl (C=O) groups excluding carboxylic acids is 3. The number of benzene rings is 1. The number of hydrogen-bond donors (Lipinski definition) is 4. The first-order valence-corrected chi connectivity index (χ1v) is 17.2. The molecular weight excluding hydrogens is 570 g/mol. The molecule has 1 unspecified atom stereocenters. The van der Waals surface area contributed by atoms with Gasteiger partial charge in [0.05, 0.1) is 12.0 Å². The molecule has 0 bridgehead atoms. The van der Waals surface area contributed by atoms with Crippen LogP contribution in [-0.2, 0) is 20.8 Å². The van der Waals surface area contributed by atoms with Gasteiger partial charge in [0, 0.05) is 25.2 Å². The Morgan fingerprint density at radius 1 is 0.911 bits per heavy atom. The Morgan fingerprint density at radius 3 is 2.36 bits per heavy atom. The minimum atomic E-state index is -1.18. The number of hydrogen-bond acceptors (Lipinski definition) is 5. The van der Waals surface area contributed by atoms with Crippen LogP contribution < -0.4 is 16.0 Å². The number of carboxylic acid groups (broad SMARTS) is 1. The molecule has 1 saturated carbocycles. The van der Waals surface area contributed by atoms with Crippen molar-refractivity contribution in [1.82, 2.24) is 25.8 Å². The maximum absolute atomic E-state index is 14.7. The second-order valence-electron chi connectivity index (χ2n) is 14.9. The van der Waals surface area contributed by atoms with Gasteiger partial charge in [0.1, 0.15) is 12.1 Å². The second-order valence-corrected chi connectivity index (χ2v) is 14.9. The Morgan fingerprint density at radius 2 is 1.64 bits per heavy atom. The Kier molecular flexibility index (Phi) is 10.4. The molecular formula is C35H53N5O5. The van der Waals surface area contributed by atoms with Gasteiger partial charge in [-0.1, -0.05) is 71.2 Å². The van der Waals surface area contributed by atoms with Crippen molar-refractivity contribution in [3.63, 3.8) is 0 Å². The minimum absolute atomic E-state index is 0.0292. The molecule has 10 heteroatoms. The number of aryl methyl sites for hydroxylation is 1. The van der Waals surface area contributed by atoms with Crippen LogP contribution in [0, 0.1) is 17.3 Å². The Hall–Kier alpha value is -3.14. The van der Waals surface area contributed by atoms with Gasteiger partial charge >= 0.3 is 6.09 Å². The molecule has 0 radical (unpaired) electrons. The van der Waals surface area contributed by atoms with Crippen LogP contribution in [0.2, 0.25) is 0 Å².